The minimum Gasteiger partial charge on any atom is -0.872 e. The van der Waals surface area contributed by atoms with E-state index in [1.54, 1.807) is 24.3 Å². The number of benzene rings is 3. The second kappa shape index (κ2) is 16.4. The maximum atomic E-state index is 12.4. The van der Waals surface area contributed by atoms with Gasteiger partial charge < -0.3 is 15.3 Å². The van der Waals surface area contributed by atoms with Gasteiger partial charge in [0.2, 0.25) is 0 Å². The number of carbonyl (C=O) groups is 1. The molecule has 0 aliphatic rings. The van der Waals surface area contributed by atoms with Crippen molar-refractivity contribution in [2.45, 2.75) is 165 Å². The maximum Gasteiger partial charge on any atom is 0.159 e. The fraction of sp³-hybridized carbons (Fsp3) is 0.568. The van der Waals surface area contributed by atoms with Crippen molar-refractivity contribution in [2.75, 3.05) is 0 Å². The highest BCUT2D eigenvalue weighted by atomic mass is 16.3. The number of ketones is 1. The normalized spacial score (nSPS) is 12.2. The van der Waals surface area contributed by atoms with Crippen LogP contribution in [0.15, 0.2) is 48.5 Å². The Labute approximate surface area is 295 Å². The first-order valence-corrected chi connectivity index (χ1v) is 17.1. The summed E-state index contributed by atoms with van der Waals surface area (Å²) in [6.07, 6.45) is 2.06. The number of rotatable bonds is 5. The molecule has 0 bridgehead atoms. The van der Waals surface area contributed by atoms with Gasteiger partial charge >= 0.3 is 0 Å². The monoisotopic (exact) mass is 661 g/mol. The smallest absolute Gasteiger partial charge is 0.159 e. The lowest BCUT2D eigenvalue weighted by Gasteiger charge is -2.33. The van der Waals surface area contributed by atoms with Crippen LogP contribution < -0.4 is 10.2 Å². The summed E-state index contributed by atoms with van der Waals surface area (Å²) >= 11 is 0. The van der Waals surface area contributed by atoms with Crippen LogP contribution >= 0.6 is 0 Å². The van der Waals surface area contributed by atoms with Gasteiger partial charge in [-0.2, -0.15) is 0 Å². The van der Waals surface area contributed by atoms with Crippen LogP contribution in [0.2, 0.25) is 0 Å². The van der Waals surface area contributed by atoms with E-state index in [-0.39, 0.29) is 57.5 Å². The quantitative estimate of drug-likeness (QED) is 0.276. The fourth-order valence-electron chi connectivity index (χ4n) is 5.12. The molecule has 0 aliphatic heterocycles. The highest BCUT2D eigenvalue weighted by molar-refractivity contribution is 5.94. The van der Waals surface area contributed by atoms with Gasteiger partial charge in [-0.15, -0.1) is 11.5 Å². The molecule has 4 nitrogen and oxygen atoms in total. The maximum absolute atomic E-state index is 12.4. The summed E-state index contributed by atoms with van der Waals surface area (Å²) < 4.78 is 0. The number of hydrogen-bond donors (Lipinski definition) is 1. The Balaban J connectivity index is 0.000000686. The topological polar surface area (TPSA) is 83.4 Å². The molecule has 0 radical (unpaired) electrons. The summed E-state index contributed by atoms with van der Waals surface area (Å²) in [5.74, 6) is 0.663. The number of Topliss-reactive ketones (excluding diaryl/α,β-unsaturated/α-hetero) is 1. The van der Waals surface area contributed by atoms with E-state index >= 15 is 0 Å². The van der Waals surface area contributed by atoms with E-state index < -0.39 is 0 Å². The van der Waals surface area contributed by atoms with Crippen LogP contribution in [-0.4, -0.2) is 10.9 Å². The Morgan fingerprint density at radius 3 is 1.44 bits per heavy atom. The fourth-order valence-corrected chi connectivity index (χ4v) is 5.12. The molecule has 3 aromatic rings. The number of phenols is 1. The zero-order chi connectivity index (χ0) is 36.9. The van der Waals surface area contributed by atoms with Crippen LogP contribution in [-0.2, 0) is 27.1 Å². The highest BCUT2D eigenvalue weighted by Gasteiger charge is 2.24. The van der Waals surface area contributed by atoms with Crippen molar-refractivity contribution >= 4 is 5.78 Å². The lowest BCUT2D eigenvalue weighted by molar-refractivity contribution is -0.272. The van der Waals surface area contributed by atoms with Gasteiger partial charge in [0.25, 0.3) is 0 Å². The Bertz CT molecular complexity index is 1470. The average Bonchev–Trinajstić information content (AvgIpc) is 2.93. The molecule has 3 aromatic carbocycles. The first kappa shape index (κ1) is 44.7. The summed E-state index contributed by atoms with van der Waals surface area (Å²) in [5, 5.41) is 34.0. The van der Waals surface area contributed by atoms with Crippen LogP contribution in [0.4, 0.5) is 0 Å². The molecule has 48 heavy (non-hydrogen) atoms. The van der Waals surface area contributed by atoms with E-state index in [2.05, 4.69) is 96.1 Å². The van der Waals surface area contributed by atoms with Crippen LogP contribution in [0.25, 0.3) is 0 Å². The Morgan fingerprint density at radius 2 is 1.06 bits per heavy atom. The molecule has 0 aliphatic carbocycles. The predicted molar refractivity (Wildman–Crippen MR) is 204 cm³/mol. The van der Waals surface area contributed by atoms with Crippen molar-refractivity contribution < 1.29 is 20.1 Å². The van der Waals surface area contributed by atoms with Gasteiger partial charge in [-0.25, -0.2) is 0 Å². The Kier molecular flexibility index (Phi) is 15.3. The van der Waals surface area contributed by atoms with Gasteiger partial charge in [0.05, 0.1) is 0 Å². The molecule has 0 unspecified atom stereocenters. The molecule has 270 valence electrons. The average molecular weight is 661 g/mol. The van der Waals surface area contributed by atoms with E-state index in [1.165, 1.54) is 18.1 Å². The van der Waals surface area contributed by atoms with Gasteiger partial charge in [0, 0.05) is 5.56 Å². The second-order valence-corrected chi connectivity index (χ2v) is 17.4. The molecule has 0 amide bonds. The first-order valence-electron chi connectivity index (χ1n) is 17.1. The van der Waals surface area contributed by atoms with Gasteiger partial charge in [-0.1, -0.05) is 147 Å². The van der Waals surface area contributed by atoms with Crippen molar-refractivity contribution in [3.63, 3.8) is 0 Å². The molecule has 0 aromatic heterocycles. The number of phenolic OH excluding ortho intramolecular Hbond substituents is 1. The zero-order valence-electron chi connectivity index (χ0n) is 32.7. The van der Waals surface area contributed by atoms with Crippen molar-refractivity contribution in [1.82, 2.24) is 0 Å². The van der Waals surface area contributed by atoms with Crippen LogP contribution in [0.3, 0.4) is 0 Å². The SMILES string of the molecule is C.CC(=O)c1ccc(O)c(C(C)(C)C)c1.CCC(C)(C)c1ccc([O-])c(C(C)(C)CC)c1.Cc1cc(C(C)(C)C)c([O-])c(C(C)(C)C)c1. The molecular formula is C44H68O4-2. The Hall–Kier alpha value is -3.27. The Morgan fingerprint density at radius 1 is 0.625 bits per heavy atom. The number of hydrogen-bond acceptors (Lipinski definition) is 4. The zero-order valence-corrected chi connectivity index (χ0v) is 32.7. The van der Waals surface area contributed by atoms with Gasteiger partial charge in [0.1, 0.15) is 5.75 Å². The van der Waals surface area contributed by atoms with Crippen molar-refractivity contribution in [3.05, 3.63) is 87.5 Å². The second-order valence-electron chi connectivity index (χ2n) is 17.4. The van der Waals surface area contributed by atoms with Crippen LogP contribution in [0, 0.1) is 6.92 Å². The lowest BCUT2D eigenvalue weighted by Crippen LogP contribution is -2.21. The van der Waals surface area contributed by atoms with E-state index in [0.29, 0.717) is 5.56 Å². The molecule has 0 saturated carbocycles. The summed E-state index contributed by atoms with van der Waals surface area (Å²) in [5.41, 5.74) is 6.53. The van der Waals surface area contributed by atoms with Gasteiger partial charge in [0.15, 0.2) is 5.78 Å². The third-order valence-corrected chi connectivity index (χ3v) is 9.32. The van der Waals surface area contributed by atoms with Crippen molar-refractivity contribution in [3.8, 4) is 17.2 Å². The molecule has 0 fully saturated rings. The van der Waals surface area contributed by atoms with Gasteiger partial charge in [-0.3, -0.25) is 4.79 Å². The first-order chi connectivity index (χ1) is 21.1. The molecular weight excluding hydrogens is 592 g/mol. The predicted octanol–water partition coefficient (Wildman–Crippen LogP) is 11.3. The lowest BCUT2D eigenvalue weighted by atomic mass is 9.76. The van der Waals surface area contributed by atoms with Gasteiger partial charge in [-0.05, 0) is 99.8 Å². The number of aromatic hydroxyl groups is 1. The molecule has 0 heterocycles. The minimum absolute atomic E-state index is 0. The third kappa shape index (κ3) is 12.0. The third-order valence-electron chi connectivity index (χ3n) is 9.32. The van der Waals surface area contributed by atoms with Crippen molar-refractivity contribution in [2.24, 2.45) is 0 Å². The standard InChI is InChI=1S/C16H26O.C15H24O.C12H16O2.CH4/c1-7-15(3,4)12-9-10-14(17)13(11-12)16(5,6)8-2;1-10-8-11(14(2,3)4)13(16)12(9-10)15(5,6)7;1-8(13)9-5-6-11(14)10(7-9)12(2,3)4;/h9-11,17H,7-8H2,1-6H3;8-9,16H,1-7H3;5-7,14H,1-4H3;1H4/p-2. The van der Waals surface area contributed by atoms with Crippen molar-refractivity contribution in [1.29, 1.82) is 0 Å². The highest BCUT2D eigenvalue weighted by Crippen LogP contribution is 2.39. The minimum atomic E-state index is -0.143. The van der Waals surface area contributed by atoms with E-state index in [1.807, 2.05) is 39.0 Å². The van der Waals surface area contributed by atoms with E-state index in [9.17, 15) is 20.1 Å². The molecule has 0 saturated heterocycles. The largest absolute Gasteiger partial charge is 0.872 e. The molecule has 4 heteroatoms. The molecule has 3 rings (SSSR count). The molecule has 1 N–H and O–H groups in total. The number of carbonyl (C=O) groups excluding carboxylic acids is 1. The summed E-state index contributed by atoms with van der Waals surface area (Å²) in [6.45, 7) is 35.2. The molecule has 0 atom stereocenters. The summed E-state index contributed by atoms with van der Waals surface area (Å²) in [7, 11) is 0. The van der Waals surface area contributed by atoms with E-state index in [0.717, 1.165) is 35.1 Å². The summed E-state index contributed by atoms with van der Waals surface area (Å²) in [4.78, 5) is 11.2. The summed E-state index contributed by atoms with van der Waals surface area (Å²) in [6, 6.07) is 14.9. The number of aryl methyl sites for hydroxylation is 1. The van der Waals surface area contributed by atoms with E-state index in [4.69, 9.17) is 0 Å². The van der Waals surface area contributed by atoms with Crippen LogP contribution in [0.1, 0.15) is 175 Å². The van der Waals surface area contributed by atoms with Crippen LogP contribution in [0.5, 0.6) is 17.2 Å². The molecule has 0 spiro atoms.